The Morgan fingerprint density at radius 2 is 2.05 bits per heavy atom. The third-order valence-electron chi connectivity index (χ3n) is 4.14. The summed E-state index contributed by atoms with van der Waals surface area (Å²) in [4.78, 5) is 25.4. The van der Waals surface area contributed by atoms with E-state index in [0.29, 0.717) is 25.8 Å². The quantitative estimate of drug-likeness (QED) is 0.786. The van der Waals surface area contributed by atoms with Crippen LogP contribution in [0.3, 0.4) is 0 Å². The Labute approximate surface area is 123 Å². The summed E-state index contributed by atoms with van der Waals surface area (Å²) in [5, 5.41) is 0. The van der Waals surface area contributed by atoms with Gasteiger partial charge >= 0.3 is 12.1 Å². The van der Waals surface area contributed by atoms with Crippen LogP contribution in [0.1, 0.15) is 37.7 Å². The topological polar surface area (TPSA) is 55.8 Å². The van der Waals surface area contributed by atoms with E-state index in [-0.39, 0.29) is 12.6 Å². The van der Waals surface area contributed by atoms with Crippen molar-refractivity contribution in [3.05, 3.63) is 35.9 Å². The number of benzene rings is 1. The number of carbonyl (C=O) groups excluding carboxylic acids is 2. The van der Waals surface area contributed by atoms with E-state index in [9.17, 15) is 9.59 Å². The van der Waals surface area contributed by atoms with E-state index < -0.39 is 11.8 Å². The van der Waals surface area contributed by atoms with Gasteiger partial charge in [0.1, 0.15) is 6.61 Å². The second-order valence-electron chi connectivity index (χ2n) is 5.57. The van der Waals surface area contributed by atoms with E-state index in [1.165, 1.54) is 0 Å². The molecule has 0 saturated carbocycles. The van der Waals surface area contributed by atoms with Crippen molar-refractivity contribution in [2.45, 2.75) is 44.4 Å². The van der Waals surface area contributed by atoms with Crippen LogP contribution in [-0.2, 0) is 20.9 Å². The zero-order valence-electron chi connectivity index (χ0n) is 11.9. The molecule has 112 valence electrons. The van der Waals surface area contributed by atoms with Gasteiger partial charge in [-0.25, -0.2) is 4.79 Å². The lowest BCUT2D eigenvalue weighted by molar-refractivity contribution is -0.169. The van der Waals surface area contributed by atoms with Crippen molar-refractivity contribution in [3.8, 4) is 0 Å². The molecule has 1 spiro atoms. The van der Waals surface area contributed by atoms with Crippen LogP contribution >= 0.6 is 0 Å². The maximum Gasteiger partial charge on any atom is 0.413 e. The van der Waals surface area contributed by atoms with E-state index in [2.05, 4.69) is 0 Å². The first-order valence-corrected chi connectivity index (χ1v) is 7.40. The highest BCUT2D eigenvalue weighted by molar-refractivity contribution is 5.75. The first kappa shape index (κ1) is 13.9. The van der Waals surface area contributed by atoms with Crippen LogP contribution in [0.5, 0.6) is 0 Å². The summed E-state index contributed by atoms with van der Waals surface area (Å²) >= 11 is 0. The normalized spacial score (nSPS) is 25.0. The van der Waals surface area contributed by atoms with Gasteiger partial charge < -0.3 is 9.47 Å². The summed E-state index contributed by atoms with van der Waals surface area (Å²) in [6.45, 7) is 0.821. The Morgan fingerprint density at radius 3 is 2.76 bits per heavy atom. The molecular weight excluding hydrogens is 270 g/mol. The second kappa shape index (κ2) is 5.76. The van der Waals surface area contributed by atoms with Gasteiger partial charge in [0.15, 0.2) is 5.72 Å². The molecule has 1 aromatic rings. The lowest BCUT2D eigenvalue weighted by Crippen LogP contribution is -2.54. The van der Waals surface area contributed by atoms with E-state index in [1.54, 1.807) is 4.90 Å². The number of carbonyl (C=O) groups is 2. The average molecular weight is 289 g/mol. The van der Waals surface area contributed by atoms with Crippen molar-refractivity contribution >= 4 is 12.1 Å². The number of ether oxygens (including phenoxy) is 2. The van der Waals surface area contributed by atoms with Crippen molar-refractivity contribution in [2.75, 3.05) is 6.54 Å². The maximum atomic E-state index is 12.4. The molecule has 0 bridgehead atoms. The van der Waals surface area contributed by atoms with Crippen LogP contribution in [0, 0.1) is 0 Å². The number of hydrogen-bond donors (Lipinski definition) is 0. The van der Waals surface area contributed by atoms with Gasteiger partial charge in [-0.3, -0.25) is 9.69 Å². The van der Waals surface area contributed by atoms with Crippen molar-refractivity contribution in [1.82, 2.24) is 4.90 Å². The molecule has 0 aliphatic carbocycles. The minimum absolute atomic E-state index is 0.224. The number of piperidine rings is 1. The monoisotopic (exact) mass is 289 g/mol. The zero-order chi connectivity index (χ0) is 14.7. The molecule has 0 unspecified atom stereocenters. The molecule has 2 aliphatic heterocycles. The molecule has 1 aromatic carbocycles. The van der Waals surface area contributed by atoms with Crippen molar-refractivity contribution in [3.63, 3.8) is 0 Å². The maximum absolute atomic E-state index is 12.4. The lowest BCUT2D eigenvalue weighted by atomic mass is 9.96. The van der Waals surface area contributed by atoms with Crippen molar-refractivity contribution < 1.29 is 19.1 Å². The molecule has 2 fully saturated rings. The number of rotatable bonds is 2. The molecule has 2 saturated heterocycles. The van der Waals surface area contributed by atoms with Crippen LogP contribution in [0.15, 0.2) is 30.3 Å². The lowest BCUT2D eigenvalue weighted by Gasteiger charge is -2.42. The summed E-state index contributed by atoms with van der Waals surface area (Å²) in [6, 6.07) is 9.56. The minimum atomic E-state index is -0.761. The van der Waals surface area contributed by atoms with Gasteiger partial charge in [-0.1, -0.05) is 30.3 Å². The van der Waals surface area contributed by atoms with E-state index in [0.717, 1.165) is 18.4 Å². The van der Waals surface area contributed by atoms with Gasteiger partial charge in [0.25, 0.3) is 0 Å². The van der Waals surface area contributed by atoms with Gasteiger partial charge in [-0.05, 0) is 18.4 Å². The van der Waals surface area contributed by atoms with Crippen LogP contribution in [-0.4, -0.2) is 29.2 Å². The largest absolute Gasteiger partial charge is 0.444 e. The van der Waals surface area contributed by atoms with Gasteiger partial charge in [0.2, 0.25) is 0 Å². The van der Waals surface area contributed by atoms with E-state index in [1.807, 2.05) is 30.3 Å². The SMILES string of the molecule is O=C1CC[C@@]2(CCCCN2C(=O)OCc2ccccc2)O1. The molecule has 1 atom stereocenters. The summed E-state index contributed by atoms with van der Waals surface area (Å²) < 4.78 is 10.8. The summed E-state index contributed by atoms with van der Waals surface area (Å²) in [7, 11) is 0. The predicted molar refractivity (Wildman–Crippen MR) is 75.2 cm³/mol. The average Bonchev–Trinajstić information content (AvgIpc) is 2.87. The number of esters is 1. The Balaban J connectivity index is 1.66. The highest BCUT2D eigenvalue weighted by atomic mass is 16.6. The third kappa shape index (κ3) is 2.86. The fourth-order valence-corrected chi connectivity index (χ4v) is 3.04. The fourth-order valence-electron chi connectivity index (χ4n) is 3.04. The number of likely N-dealkylation sites (tertiary alicyclic amines) is 1. The molecule has 5 nitrogen and oxygen atoms in total. The molecular formula is C16H19NO4. The third-order valence-corrected chi connectivity index (χ3v) is 4.14. The molecule has 2 heterocycles. The Morgan fingerprint density at radius 1 is 1.24 bits per heavy atom. The Hall–Kier alpha value is -2.04. The van der Waals surface area contributed by atoms with Gasteiger partial charge in [0, 0.05) is 19.4 Å². The molecule has 2 aliphatic rings. The van der Waals surface area contributed by atoms with Gasteiger partial charge in [-0.2, -0.15) is 0 Å². The molecule has 0 N–H and O–H groups in total. The highest BCUT2D eigenvalue weighted by Crippen LogP contribution is 2.38. The second-order valence-corrected chi connectivity index (χ2v) is 5.57. The molecule has 5 heteroatoms. The first-order valence-electron chi connectivity index (χ1n) is 7.40. The zero-order valence-corrected chi connectivity index (χ0v) is 11.9. The Bertz CT molecular complexity index is 530. The molecule has 3 rings (SSSR count). The molecule has 1 amide bonds. The van der Waals surface area contributed by atoms with Crippen molar-refractivity contribution in [2.24, 2.45) is 0 Å². The molecule has 21 heavy (non-hydrogen) atoms. The van der Waals surface area contributed by atoms with Crippen molar-refractivity contribution in [1.29, 1.82) is 0 Å². The standard InChI is InChI=1S/C16H19NO4/c18-14-8-10-16(21-14)9-4-5-11-17(16)15(19)20-12-13-6-2-1-3-7-13/h1-3,6-7H,4-5,8-12H2/t16-/m1/s1. The number of hydrogen-bond acceptors (Lipinski definition) is 4. The predicted octanol–water partition coefficient (Wildman–Crippen LogP) is 2.84. The van der Waals surface area contributed by atoms with Gasteiger partial charge in [0.05, 0.1) is 6.42 Å². The van der Waals surface area contributed by atoms with Crippen LogP contribution < -0.4 is 0 Å². The minimum Gasteiger partial charge on any atom is -0.444 e. The smallest absolute Gasteiger partial charge is 0.413 e. The number of nitrogens with zero attached hydrogens (tertiary/aromatic N) is 1. The first-order chi connectivity index (χ1) is 10.2. The van der Waals surface area contributed by atoms with Crippen LogP contribution in [0.2, 0.25) is 0 Å². The molecule has 0 aromatic heterocycles. The van der Waals surface area contributed by atoms with E-state index in [4.69, 9.17) is 9.47 Å². The summed E-state index contributed by atoms with van der Waals surface area (Å²) in [6.07, 6.45) is 3.15. The summed E-state index contributed by atoms with van der Waals surface area (Å²) in [5.74, 6) is -0.224. The van der Waals surface area contributed by atoms with E-state index >= 15 is 0 Å². The number of amides is 1. The fraction of sp³-hybridized carbons (Fsp3) is 0.500. The Kier molecular flexibility index (Phi) is 3.82. The van der Waals surface area contributed by atoms with Crippen LogP contribution in [0.4, 0.5) is 4.79 Å². The molecule has 0 radical (unpaired) electrons. The summed E-state index contributed by atoms with van der Waals surface area (Å²) in [5.41, 5.74) is 0.184. The van der Waals surface area contributed by atoms with Gasteiger partial charge in [-0.15, -0.1) is 0 Å². The highest BCUT2D eigenvalue weighted by Gasteiger charge is 2.49. The van der Waals surface area contributed by atoms with Crippen LogP contribution in [0.25, 0.3) is 0 Å².